The van der Waals surface area contributed by atoms with Crippen molar-refractivity contribution in [3.63, 3.8) is 0 Å². The largest absolute Gasteiger partial charge is 0.320 e. The Labute approximate surface area is 101 Å². The molecule has 0 aliphatic rings. The van der Waals surface area contributed by atoms with Gasteiger partial charge in [0.25, 0.3) is 0 Å². The molecule has 0 amide bonds. The minimum absolute atomic E-state index is 0.890. The molecule has 0 aliphatic carbocycles. The highest BCUT2D eigenvalue weighted by molar-refractivity contribution is 5.56. The van der Waals surface area contributed by atoms with Crippen LogP contribution in [0.4, 0.5) is 0 Å². The van der Waals surface area contributed by atoms with Crippen LogP contribution in [0, 0.1) is 0 Å². The molecule has 1 N–H and O–H groups in total. The predicted octanol–water partition coefficient (Wildman–Crippen LogP) is 1.69. The maximum atomic E-state index is 4.54. The van der Waals surface area contributed by atoms with E-state index in [1.54, 1.807) is 6.20 Å². The van der Waals surface area contributed by atoms with Crippen molar-refractivity contribution in [2.75, 3.05) is 13.6 Å². The van der Waals surface area contributed by atoms with Crippen LogP contribution in [-0.2, 0) is 6.42 Å². The lowest BCUT2D eigenvalue weighted by molar-refractivity contribution is 0.702. The first-order valence-corrected chi connectivity index (χ1v) is 5.77. The fraction of sp³-hybridized carbons (Fsp3) is 0.308. The smallest absolute Gasteiger partial charge is 0.128 e. The summed E-state index contributed by atoms with van der Waals surface area (Å²) in [7, 11) is 1.95. The zero-order valence-electron chi connectivity index (χ0n) is 9.93. The number of nitrogens with zero attached hydrogens (tertiary/aromatic N) is 3. The summed E-state index contributed by atoms with van der Waals surface area (Å²) in [5, 5.41) is 3.12. The van der Waals surface area contributed by atoms with E-state index >= 15 is 0 Å². The minimum Gasteiger partial charge on any atom is -0.320 e. The quantitative estimate of drug-likeness (QED) is 0.791. The highest BCUT2D eigenvalue weighted by Crippen LogP contribution is 2.14. The molecule has 0 radical (unpaired) electrons. The van der Waals surface area contributed by atoms with E-state index in [0.29, 0.717) is 0 Å². The third-order valence-corrected chi connectivity index (χ3v) is 2.49. The van der Waals surface area contributed by atoms with Crippen molar-refractivity contribution in [2.24, 2.45) is 0 Å². The molecule has 0 fully saturated rings. The lowest BCUT2D eigenvalue weighted by Gasteiger charge is -2.03. The molecule has 4 heteroatoms. The van der Waals surface area contributed by atoms with Crippen LogP contribution in [0.5, 0.6) is 0 Å². The van der Waals surface area contributed by atoms with Gasteiger partial charge < -0.3 is 5.32 Å². The monoisotopic (exact) mass is 228 g/mol. The van der Waals surface area contributed by atoms with Gasteiger partial charge >= 0.3 is 0 Å². The second-order valence-electron chi connectivity index (χ2n) is 3.81. The van der Waals surface area contributed by atoms with Gasteiger partial charge in [-0.2, -0.15) is 0 Å². The van der Waals surface area contributed by atoms with Gasteiger partial charge in [-0.1, -0.05) is 0 Å². The molecule has 2 aromatic rings. The van der Waals surface area contributed by atoms with E-state index in [1.807, 2.05) is 37.6 Å². The first-order chi connectivity index (χ1) is 8.40. The lowest BCUT2D eigenvalue weighted by Crippen LogP contribution is -2.09. The maximum absolute atomic E-state index is 4.54. The Kier molecular flexibility index (Phi) is 4.16. The van der Waals surface area contributed by atoms with E-state index in [-0.39, 0.29) is 0 Å². The van der Waals surface area contributed by atoms with E-state index in [0.717, 1.165) is 36.5 Å². The molecule has 0 aliphatic heterocycles. The van der Waals surface area contributed by atoms with Crippen molar-refractivity contribution in [3.8, 4) is 11.3 Å². The Morgan fingerprint density at radius 3 is 2.94 bits per heavy atom. The van der Waals surface area contributed by atoms with Gasteiger partial charge in [-0.25, -0.2) is 9.97 Å². The standard InChI is InChI=1S/C13H16N4/c1-14-7-3-5-13-16-9-6-12(17-13)11-4-2-8-15-10-11/h2,4,6,8-10,14H,3,5,7H2,1H3. The maximum Gasteiger partial charge on any atom is 0.128 e. The van der Waals surface area contributed by atoms with E-state index in [4.69, 9.17) is 0 Å². The van der Waals surface area contributed by atoms with E-state index in [9.17, 15) is 0 Å². The average molecular weight is 228 g/mol. The topological polar surface area (TPSA) is 50.7 Å². The van der Waals surface area contributed by atoms with Crippen molar-refractivity contribution in [3.05, 3.63) is 42.6 Å². The van der Waals surface area contributed by atoms with E-state index in [1.165, 1.54) is 0 Å². The highest BCUT2D eigenvalue weighted by atomic mass is 14.9. The minimum atomic E-state index is 0.890. The zero-order chi connectivity index (χ0) is 11.9. The fourth-order valence-corrected chi connectivity index (χ4v) is 1.62. The molecule has 0 spiro atoms. The summed E-state index contributed by atoms with van der Waals surface area (Å²) in [4.78, 5) is 12.9. The third-order valence-electron chi connectivity index (χ3n) is 2.49. The highest BCUT2D eigenvalue weighted by Gasteiger charge is 2.01. The number of rotatable bonds is 5. The third kappa shape index (κ3) is 3.32. The average Bonchev–Trinajstić information content (AvgIpc) is 2.41. The van der Waals surface area contributed by atoms with Crippen molar-refractivity contribution in [1.82, 2.24) is 20.3 Å². The number of pyridine rings is 1. The molecule has 0 unspecified atom stereocenters. The van der Waals surface area contributed by atoms with E-state index < -0.39 is 0 Å². The van der Waals surface area contributed by atoms with Gasteiger partial charge in [-0.05, 0) is 38.2 Å². The van der Waals surface area contributed by atoms with Gasteiger partial charge in [-0.3, -0.25) is 4.98 Å². The Balaban J connectivity index is 2.12. The lowest BCUT2D eigenvalue weighted by atomic mass is 10.2. The Morgan fingerprint density at radius 1 is 1.24 bits per heavy atom. The number of nitrogens with one attached hydrogen (secondary N) is 1. The summed E-state index contributed by atoms with van der Waals surface area (Å²) in [5.74, 6) is 0.890. The number of aromatic nitrogens is 3. The molecule has 0 aromatic carbocycles. The second kappa shape index (κ2) is 6.06. The van der Waals surface area contributed by atoms with Gasteiger partial charge in [0.2, 0.25) is 0 Å². The molecule has 0 bridgehead atoms. The van der Waals surface area contributed by atoms with Crippen molar-refractivity contribution in [1.29, 1.82) is 0 Å². The van der Waals surface area contributed by atoms with Crippen LogP contribution in [0.25, 0.3) is 11.3 Å². The first kappa shape index (κ1) is 11.7. The van der Waals surface area contributed by atoms with Crippen LogP contribution in [0.3, 0.4) is 0 Å². The Bertz CT molecular complexity index is 456. The second-order valence-corrected chi connectivity index (χ2v) is 3.81. The van der Waals surface area contributed by atoms with Crippen LogP contribution in [0.2, 0.25) is 0 Å². The van der Waals surface area contributed by atoms with Gasteiger partial charge in [0.1, 0.15) is 5.82 Å². The van der Waals surface area contributed by atoms with E-state index in [2.05, 4.69) is 20.3 Å². The van der Waals surface area contributed by atoms with Gasteiger partial charge in [0.05, 0.1) is 5.69 Å². The van der Waals surface area contributed by atoms with Crippen LogP contribution < -0.4 is 5.32 Å². The molecule has 17 heavy (non-hydrogen) atoms. The van der Waals surface area contributed by atoms with Crippen molar-refractivity contribution >= 4 is 0 Å². The molecular weight excluding hydrogens is 212 g/mol. The summed E-state index contributed by atoms with van der Waals surface area (Å²) < 4.78 is 0. The van der Waals surface area contributed by atoms with Crippen LogP contribution >= 0.6 is 0 Å². The molecule has 2 heterocycles. The summed E-state index contributed by atoms with van der Waals surface area (Å²) in [6.07, 6.45) is 7.34. The number of hydrogen-bond donors (Lipinski definition) is 1. The van der Waals surface area contributed by atoms with Gasteiger partial charge in [0, 0.05) is 30.6 Å². The molecule has 0 saturated carbocycles. The van der Waals surface area contributed by atoms with Crippen LogP contribution in [-0.4, -0.2) is 28.5 Å². The number of aryl methyl sites for hydroxylation is 1. The molecule has 0 saturated heterocycles. The molecule has 2 rings (SSSR count). The zero-order valence-corrected chi connectivity index (χ0v) is 9.93. The SMILES string of the molecule is CNCCCc1nccc(-c2cccnc2)n1. The number of hydrogen-bond acceptors (Lipinski definition) is 4. The normalized spacial score (nSPS) is 10.4. The predicted molar refractivity (Wildman–Crippen MR) is 67.5 cm³/mol. The van der Waals surface area contributed by atoms with Gasteiger partial charge in [0.15, 0.2) is 0 Å². The summed E-state index contributed by atoms with van der Waals surface area (Å²) in [6, 6.07) is 5.84. The molecule has 88 valence electrons. The Hall–Kier alpha value is -1.81. The molecular formula is C13H16N4. The summed E-state index contributed by atoms with van der Waals surface area (Å²) >= 11 is 0. The van der Waals surface area contributed by atoms with Crippen LogP contribution in [0.15, 0.2) is 36.8 Å². The van der Waals surface area contributed by atoms with Crippen LogP contribution in [0.1, 0.15) is 12.2 Å². The Morgan fingerprint density at radius 2 is 2.18 bits per heavy atom. The molecule has 0 atom stereocenters. The molecule has 2 aromatic heterocycles. The first-order valence-electron chi connectivity index (χ1n) is 5.77. The van der Waals surface area contributed by atoms with Crippen molar-refractivity contribution < 1.29 is 0 Å². The van der Waals surface area contributed by atoms with Gasteiger partial charge in [-0.15, -0.1) is 0 Å². The fourth-order valence-electron chi connectivity index (χ4n) is 1.62. The van der Waals surface area contributed by atoms with Crippen molar-refractivity contribution in [2.45, 2.75) is 12.8 Å². The summed E-state index contributed by atoms with van der Waals surface area (Å²) in [6.45, 7) is 0.987. The molecule has 4 nitrogen and oxygen atoms in total. The summed E-state index contributed by atoms with van der Waals surface area (Å²) in [5.41, 5.74) is 1.97.